The number of anilines is 1. The lowest BCUT2D eigenvalue weighted by Gasteiger charge is -2.35. The summed E-state index contributed by atoms with van der Waals surface area (Å²) in [5.41, 5.74) is 0.190. The fraction of sp³-hybridized carbons (Fsp3) is 0.526. The van der Waals surface area contributed by atoms with Crippen LogP contribution in [0.15, 0.2) is 23.1 Å². The Labute approximate surface area is 164 Å². The fourth-order valence-electron chi connectivity index (χ4n) is 3.97. The molecule has 1 aromatic rings. The predicted octanol–water partition coefficient (Wildman–Crippen LogP) is 1.93. The van der Waals surface area contributed by atoms with E-state index in [1.54, 1.807) is 20.0 Å². The zero-order chi connectivity index (χ0) is 20.7. The van der Waals surface area contributed by atoms with Crippen molar-refractivity contribution in [3.8, 4) is 0 Å². The summed E-state index contributed by atoms with van der Waals surface area (Å²) < 4.78 is 23.5. The first-order valence-corrected chi connectivity index (χ1v) is 11.2. The van der Waals surface area contributed by atoms with E-state index in [0.29, 0.717) is 24.1 Å². The van der Waals surface area contributed by atoms with Crippen LogP contribution in [-0.4, -0.2) is 61.5 Å². The Morgan fingerprint density at radius 2 is 1.82 bits per heavy atom. The number of nitrogens with one attached hydrogen (secondary N) is 1. The highest BCUT2D eigenvalue weighted by Gasteiger charge is 2.55. The summed E-state index contributed by atoms with van der Waals surface area (Å²) in [5.74, 6) is -0.867. The van der Waals surface area contributed by atoms with E-state index in [2.05, 4.69) is 5.32 Å². The number of hydrogen-bond donors (Lipinski definition) is 1. The zero-order valence-corrected chi connectivity index (χ0v) is 17.1. The Kier molecular flexibility index (Phi) is 5.22. The van der Waals surface area contributed by atoms with Gasteiger partial charge in [0, 0.05) is 19.0 Å². The fourth-order valence-corrected chi connectivity index (χ4v) is 4.62. The molecule has 1 spiro atoms. The van der Waals surface area contributed by atoms with E-state index in [4.69, 9.17) is 0 Å². The smallest absolute Gasteiger partial charge is 0.324 e. The van der Waals surface area contributed by atoms with E-state index < -0.39 is 33.9 Å². The number of rotatable bonds is 4. The molecule has 1 N–H and O–H groups in total. The molecule has 1 aliphatic heterocycles. The Bertz CT molecular complexity index is 935. The molecule has 0 atom stereocenters. The molecule has 4 amide bonds. The standard InChI is InChI=1S/C19H25N3O5S/c1-13-7-8-14(28(3,26)27)11-15(13)20-16(23)12-22-17(24)19(21(2)18(22)25)9-5-4-6-10-19/h7-8,11H,4-6,9-10,12H2,1-3H3,(H,20,23). The van der Waals surface area contributed by atoms with Crippen molar-refractivity contribution in [2.75, 3.05) is 25.2 Å². The summed E-state index contributed by atoms with van der Waals surface area (Å²) >= 11 is 0. The lowest BCUT2D eigenvalue weighted by atomic mass is 9.81. The number of likely N-dealkylation sites (N-methyl/N-ethyl adjacent to an activating group) is 1. The Hall–Kier alpha value is -2.42. The van der Waals surface area contributed by atoms with E-state index in [1.165, 1.54) is 17.0 Å². The quantitative estimate of drug-likeness (QED) is 0.768. The maximum Gasteiger partial charge on any atom is 0.327 e. The Morgan fingerprint density at radius 3 is 2.43 bits per heavy atom. The van der Waals surface area contributed by atoms with E-state index in [9.17, 15) is 22.8 Å². The molecule has 2 fully saturated rings. The number of sulfone groups is 1. The number of aryl methyl sites for hydroxylation is 1. The van der Waals surface area contributed by atoms with Crippen molar-refractivity contribution in [3.05, 3.63) is 23.8 Å². The zero-order valence-electron chi connectivity index (χ0n) is 16.3. The van der Waals surface area contributed by atoms with Crippen molar-refractivity contribution in [2.45, 2.75) is 49.5 Å². The summed E-state index contributed by atoms with van der Waals surface area (Å²) in [5, 5.41) is 2.63. The van der Waals surface area contributed by atoms with Gasteiger partial charge in [0.05, 0.1) is 4.90 Å². The highest BCUT2D eigenvalue weighted by Crippen LogP contribution is 2.39. The second-order valence-corrected chi connectivity index (χ2v) is 9.64. The van der Waals surface area contributed by atoms with Crippen LogP contribution in [0, 0.1) is 6.92 Å². The third kappa shape index (κ3) is 3.50. The third-order valence-electron chi connectivity index (χ3n) is 5.70. The first-order valence-electron chi connectivity index (χ1n) is 9.26. The molecular formula is C19H25N3O5S. The summed E-state index contributed by atoms with van der Waals surface area (Å²) in [6, 6.07) is 3.98. The summed E-state index contributed by atoms with van der Waals surface area (Å²) in [4.78, 5) is 40.6. The lowest BCUT2D eigenvalue weighted by Crippen LogP contribution is -2.49. The normalized spacial score (nSPS) is 19.4. The lowest BCUT2D eigenvalue weighted by molar-refractivity contribution is -0.136. The molecule has 1 saturated carbocycles. The van der Waals surface area contributed by atoms with Crippen LogP contribution in [0.3, 0.4) is 0 Å². The van der Waals surface area contributed by atoms with Crippen molar-refractivity contribution >= 4 is 33.4 Å². The first kappa shape index (κ1) is 20.3. The number of imide groups is 1. The number of carbonyl (C=O) groups excluding carboxylic acids is 3. The summed E-state index contributed by atoms with van der Waals surface area (Å²) in [7, 11) is -1.81. The van der Waals surface area contributed by atoms with Crippen LogP contribution in [0.4, 0.5) is 10.5 Å². The highest BCUT2D eigenvalue weighted by atomic mass is 32.2. The molecule has 0 aromatic heterocycles. The number of amides is 4. The van der Waals surface area contributed by atoms with E-state index in [-0.39, 0.29) is 10.8 Å². The summed E-state index contributed by atoms with van der Waals surface area (Å²) in [6.07, 6.45) is 5.10. The molecular weight excluding hydrogens is 382 g/mol. The van der Waals surface area contributed by atoms with Gasteiger partial charge in [0.2, 0.25) is 5.91 Å². The molecule has 1 saturated heterocycles. The van der Waals surface area contributed by atoms with Crippen LogP contribution in [0.2, 0.25) is 0 Å². The third-order valence-corrected chi connectivity index (χ3v) is 6.81. The van der Waals surface area contributed by atoms with Crippen molar-refractivity contribution < 1.29 is 22.8 Å². The van der Waals surface area contributed by atoms with Gasteiger partial charge in [0.1, 0.15) is 12.1 Å². The number of benzene rings is 1. The molecule has 1 aliphatic carbocycles. The number of urea groups is 1. The van der Waals surface area contributed by atoms with Gasteiger partial charge in [-0.3, -0.25) is 14.5 Å². The number of hydrogen-bond acceptors (Lipinski definition) is 5. The largest absolute Gasteiger partial charge is 0.327 e. The average Bonchev–Trinajstić information content (AvgIpc) is 2.80. The van der Waals surface area contributed by atoms with Gasteiger partial charge in [-0.25, -0.2) is 13.2 Å². The molecule has 0 radical (unpaired) electrons. The van der Waals surface area contributed by atoms with Crippen molar-refractivity contribution in [3.63, 3.8) is 0 Å². The van der Waals surface area contributed by atoms with Crippen LogP contribution < -0.4 is 5.32 Å². The first-order chi connectivity index (χ1) is 13.1. The molecule has 0 unspecified atom stereocenters. The van der Waals surface area contributed by atoms with Crippen LogP contribution in [-0.2, 0) is 19.4 Å². The molecule has 2 aliphatic rings. The van der Waals surface area contributed by atoms with Gasteiger partial charge in [-0.15, -0.1) is 0 Å². The molecule has 1 aromatic carbocycles. The second kappa shape index (κ2) is 7.20. The van der Waals surface area contributed by atoms with Crippen LogP contribution in [0.25, 0.3) is 0 Å². The van der Waals surface area contributed by atoms with Gasteiger partial charge < -0.3 is 10.2 Å². The van der Waals surface area contributed by atoms with Gasteiger partial charge >= 0.3 is 6.03 Å². The molecule has 3 rings (SSSR count). The summed E-state index contributed by atoms with van der Waals surface area (Å²) in [6.45, 7) is 1.34. The van der Waals surface area contributed by atoms with Gasteiger partial charge in [0.25, 0.3) is 5.91 Å². The van der Waals surface area contributed by atoms with Crippen molar-refractivity contribution in [1.29, 1.82) is 0 Å². The van der Waals surface area contributed by atoms with Crippen LogP contribution >= 0.6 is 0 Å². The molecule has 0 bridgehead atoms. The van der Waals surface area contributed by atoms with E-state index in [1.807, 2.05) is 0 Å². The van der Waals surface area contributed by atoms with Crippen molar-refractivity contribution in [1.82, 2.24) is 9.80 Å². The average molecular weight is 407 g/mol. The van der Waals surface area contributed by atoms with E-state index in [0.717, 1.165) is 30.4 Å². The number of carbonyl (C=O) groups is 3. The van der Waals surface area contributed by atoms with Gasteiger partial charge in [0.15, 0.2) is 9.84 Å². The maximum atomic E-state index is 12.9. The molecule has 1 heterocycles. The molecule has 8 nitrogen and oxygen atoms in total. The highest BCUT2D eigenvalue weighted by molar-refractivity contribution is 7.90. The minimum atomic E-state index is -3.42. The topological polar surface area (TPSA) is 104 Å². The predicted molar refractivity (Wildman–Crippen MR) is 104 cm³/mol. The molecule has 152 valence electrons. The van der Waals surface area contributed by atoms with Gasteiger partial charge in [-0.1, -0.05) is 25.3 Å². The monoisotopic (exact) mass is 407 g/mol. The Balaban J connectivity index is 1.77. The molecule has 28 heavy (non-hydrogen) atoms. The van der Waals surface area contributed by atoms with E-state index >= 15 is 0 Å². The second-order valence-electron chi connectivity index (χ2n) is 7.62. The number of nitrogens with zero attached hydrogens (tertiary/aromatic N) is 2. The van der Waals surface area contributed by atoms with Gasteiger partial charge in [-0.2, -0.15) is 0 Å². The van der Waals surface area contributed by atoms with Gasteiger partial charge in [-0.05, 0) is 37.5 Å². The SMILES string of the molecule is Cc1ccc(S(C)(=O)=O)cc1NC(=O)CN1C(=O)N(C)C2(CCCCC2)C1=O. The molecule has 9 heteroatoms. The Morgan fingerprint density at radius 1 is 1.18 bits per heavy atom. The minimum absolute atomic E-state index is 0.0858. The van der Waals surface area contributed by atoms with Crippen LogP contribution in [0.1, 0.15) is 37.7 Å². The van der Waals surface area contributed by atoms with Crippen LogP contribution in [0.5, 0.6) is 0 Å². The minimum Gasteiger partial charge on any atom is -0.324 e. The van der Waals surface area contributed by atoms with Crippen molar-refractivity contribution in [2.24, 2.45) is 0 Å². The maximum absolute atomic E-state index is 12.9.